The Bertz CT molecular complexity index is 493. The molecule has 18 heavy (non-hydrogen) atoms. The van der Waals surface area contributed by atoms with E-state index in [0.717, 1.165) is 37.2 Å². The quantitative estimate of drug-likeness (QED) is 0.891. The molecule has 0 aromatic carbocycles. The Labute approximate surface area is 107 Å². The number of aryl methyl sites for hydroxylation is 1. The van der Waals surface area contributed by atoms with E-state index in [1.54, 1.807) is 12.1 Å². The van der Waals surface area contributed by atoms with Gasteiger partial charge in [-0.15, -0.1) is 0 Å². The summed E-state index contributed by atoms with van der Waals surface area (Å²) in [6.45, 7) is 4.69. The minimum atomic E-state index is 0.0102. The molecule has 0 saturated carbocycles. The van der Waals surface area contributed by atoms with E-state index in [9.17, 15) is 9.59 Å². The van der Waals surface area contributed by atoms with Crippen molar-refractivity contribution in [3.63, 3.8) is 0 Å². The molecule has 1 fully saturated rings. The minimum absolute atomic E-state index is 0.0102. The maximum Gasteiger partial charge on any atom is 0.223 e. The number of aromatic nitrogens is 1. The van der Waals surface area contributed by atoms with Crippen LogP contribution in [-0.4, -0.2) is 22.3 Å². The van der Waals surface area contributed by atoms with Gasteiger partial charge >= 0.3 is 0 Å². The largest absolute Gasteiger partial charge is 0.361 e. The van der Waals surface area contributed by atoms with Crippen LogP contribution in [-0.2, 0) is 4.79 Å². The molecule has 4 heteroatoms. The molecule has 1 saturated heterocycles. The lowest BCUT2D eigenvalue weighted by atomic mass is 10.1. The van der Waals surface area contributed by atoms with Gasteiger partial charge in [-0.1, -0.05) is 6.92 Å². The van der Waals surface area contributed by atoms with Crippen LogP contribution in [0.2, 0.25) is 0 Å². The van der Waals surface area contributed by atoms with Crippen molar-refractivity contribution in [3.8, 4) is 0 Å². The Morgan fingerprint density at radius 2 is 2.28 bits per heavy atom. The Kier molecular flexibility index (Phi) is 3.84. The molecule has 1 amide bonds. The van der Waals surface area contributed by atoms with Crippen LogP contribution in [0.3, 0.4) is 0 Å². The van der Waals surface area contributed by atoms with Gasteiger partial charge in [0.2, 0.25) is 5.91 Å². The molecule has 0 aliphatic carbocycles. The number of hydrogen-bond acceptors (Lipinski definition) is 2. The summed E-state index contributed by atoms with van der Waals surface area (Å²) in [5.41, 5.74) is 1.74. The molecule has 1 aliphatic heterocycles. The predicted molar refractivity (Wildman–Crippen MR) is 70.4 cm³/mol. The second kappa shape index (κ2) is 5.38. The first kappa shape index (κ1) is 12.9. The summed E-state index contributed by atoms with van der Waals surface area (Å²) >= 11 is 0. The van der Waals surface area contributed by atoms with Crippen molar-refractivity contribution in [2.24, 2.45) is 0 Å². The zero-order valence-corrected chi connectivity index (χ0v) is 11.0. The van der Waals surface area contributed by atoms with Crippen molar-refractivity contribution in [2.45, 2.75) is 45.6 Å². The van der Waals surface area contributed by atoms with Crippen LogP contribution in [0.5, 0.6) is 0 Å². The van der Waals surface area contributed by atoms with Crippen molar-refractivity contribution in [2.75, 3.05) is 6.54 Å². The lowest BCUT2D eigenvalue weighted by Gasteiger charge is -2.25. The van der Waals surface area contributed by atoms with Gasteiger partial charge in [0, 0.05) is 36.5 Å². The highest BCUT2D eigenvalue weighted by Gasteiger charge is 2.29. The first-order valence-corrected chi connectivity index (χ1v) is 6.62. The molecule has 4 nitrogen and oxygen atoms in total. The van der Waals surface area contributed by atoms with Crippen LogP contribution in [0.1, 0.15) is 50.0 Å². The van der Waals surface area contributed by atoms with Crippen LogP contribution in [0.25, 0.3) is 0 Å². The normalized spacial score (nSPS) is 19.2. The van der Waals surface area contributed by atoms with Crippen molar-refractivity contribution in [1.29, 1.82) is 0 Å². The van der Waals surface area contributed by atoms with E-state index >= 15 is 0 Å². The van der Waals surface area contributed by atoms with E-state index in [-0.39, 0.29) is 17.4 Å². The highest BCUT2D eigenvalue weighted by atomic mass is 16.2. The average molecular weight is 248 g/mol. The Balaban J connectivity index is 2.25. The summed E-state index contributed by atoms with van der Waals surface area (Å²) < 4.78 is 0. The molecular weight excluding hydrogens is 228 g/mol. The molecule has 0 bridgehead atoms. The van der Waals surface area contributed by atoms with Gasteiger partial charge in [0.1, 0.15) is 0 Å². The number of nitrogens with zero attached hydrogens (tertiary/aromatic N) is 1. The maximum atomic E-state index is 12.0. The molecule has 0 radical (unpaired) electrons. The molecule has 0 spiro atoms. The number of pyridine rings is 1. The summed E-state index contributed by atoms with van der Waals surface area (Å²) in [7, 11) is 0. The van der Waals surface area contributed by atoms with Gasteiger partial charge in [0.25, 0.3) is 0 Å². The van der Waals surface area contributed by atoms with Crippen molar-refractivity contribution in [1.82, 2.24) is 9.88 Å². The lowest BCUT2D eigenvalue weighted by Crippen LogP contribution is -2.31. The standard InChI is InChI=1S/C14H20N2O2/c1-3-5-14(18)16-7-4-6-13(16)12-9-11(17)8-10(2)15-12/h8-9,13H,3-7H2,1-2H3,(H,15,17)/t13-/m0/s1. The highest BCUT2D eigenvalue weighted by Crippen LogP contribution is 2.30. The number of rotatable bonds is 3. The SMILES string of the molecule is CCCC(=O)N1CCC[C@H]1c1cc(=O)cc(C)[nH]1. The van der Waals surface area contributed by atoms with Crippen molar-refractivity contribution >= 4 is 5.91 Å². The molecule has 1 N–H and O–H groups in total. The maximum absolute atomic E-state index is 12.0. The predicted octanol–water partition coefficient (Wildman–Crippen LogP) is 2.15. The Hall–Kier alpha value is -1.58. The molecule has 1 aromatic heterocycles. The smallest absolute Gasteiger partial charge is 0.223 e. The van der Waals surface area contributed by atoms with Crippen LogP contribution in [0, 0.1) is 6.92 Å². The summed E-state index contributed by atoms with van der Waals surface area (Å²) in [5.74, 6) is 0.197. The number of hydrogen-bond donors (Lipinski definition) is 1. The van der Waals surface area contributed by atoms with Gasteiger partial charge in [-0.25, -0.2) is 0 Å². The Morgan fingerprint density at radius 3 is 2.94 bits per heavy atom. The number of H-pyrrole nitrogens is 1. The highest BCUT2D eigenvalue weighted by molar-refractivity contribution is 5.76. The molecule has 98 valence electrons. The van der Waals surface area contributed by atoms with Crippen LogP contribution >= 0.6 is 0 Å². The van der Waals surface area contributed by atoms with E-state index in [1.807, 2.05) is 18.7 Å². The molecule has 2 heterocycles. The molecular formula is C14H20N2O2. The topological polar surface area (TPSA) is 53.2 Å². The van der Waals surface area contributed by atoms with Gasteiger partial charge in [0.05, 0.1) is 6.04 Å². The van der Waals surface area contributed by atoms with E-state index in [2.05, 4.69) is 4.98 Å². The number of nitrogens with one attached hydrogen (secondary N) is 1. The van der Waals surface area contributed by atoms with Gasteiger partial charge in [-0.3, -0.25) is 9.59 Å². The van der Waals surface area contributed by atoms with Crippen LogP contribution < -0.4 is 5.43 Å². The zero-order chi connectivity index (χ0) is 13.1. The molecule has 1 aliphatic rings. The average Bonchev–Trinajstić information content (AvgIpc) is 2.76. The van der Waals surface area contributed by atoms with Crippen LogP contribution in [0.4, 0.5) is 0 Å². The molecule has 2 rings (SSSR count). The summed E-state index contributed by atoms with van der Waals surface area (Å²) in [5, 5.41) is 0. The van der Waals surface area contributed by atoms with E-state index in [0.29, 0.717) is 6.42 Å². The zero-order valence-electron chi connectivity index (χ0n) is 11.0. The van der Waals surface area contributed by atoms with Gasteiger partial charge < -0.3 is 9.88 Å². The van der Waals surface area contributed by atoms with Gasteiger partial charge in [-0.05, 0) is 26.2 Å². The fourth-order valence-electron chi connectivity index (χ4n) is 2.63. The van der Waals surface area contributed by atoms with E-state index in [4.69, 9.17) is 0 Å². The van der Waals surface area contributed by atoms with Gasteiger partial charge in [-0.2, -0.15) is 0 Å². The van der Waals surface area contributed by atoms with E-state index in [1.165, 1.54) is 0 Å². The van der Waals surface area contributed by atoms with Crippen molar-refractivity contribution in [3.05, 3.63) is 33.7 Å². The third-order valence-electron chi connectivity index (χ3n) is 3.39. The number of aromatic amines is 1. The number of carbonyl (C=O) groups is 1. The van der Waals surface area contributed by atoms with Crippen LogP contribution in [0.15, 0.2) is 16.9 Å². The fourth-order valence-corrected chi connectivity index (χ4v) is 2.63. The second-order valence-electron chi connectivity index (χ2n) is 4.95. The van der Waals surface area contributed by atoms with E-state index < -0.39 is 0 Å². The second-order valence-corrected chi connectivity index (χ2v) is 4.95. The summed E-state index contributed by atoms with van der Waals surface area (Å²) in [6.07, 6.45) is 3.41. The third kappa shape index (κ3) is 2.63. The fraction of sp³-hybridized carbons (Fsp3) is 0.571. The molecule has 1 aromatic rings. The lowest BCUT2D eigenvalue weighted by molar-refractivity contribution is -0.132. The first-order chi connectivity index (χ1) is 8.61. The van der Waals surface area contributed by atoms with Crippen molar-refractivity contribution < 1.29 is 4.79 Å². The summed E-state index contributed by atoms with van der Waals surface area (Å²) in [6, 6.07) is 3.25. The number of amides is 1. The molecule has 0 unspecified atom stereocenters. The number of carbonyl (C=O) groups excluding carboxylic acids is 1. The monoisotopic (exact) mass is 248 g/mol. The van der Waals surface area contributed by atoms with Gasteiger partial charge in [0.15, 0.2) is 5.43 Å². The Morgan fingerprint density at radius 1 is 1.50 bits per heavy atom. The summed E-state index contributed by atoms with van der Waals surface area (Å²) in [4.78, 5) is 28.7. The third-order valence-corrected chi connectivity index (χ3v) is 3.39. The minimum Gasteiger partial charge on any atom is -0.361 e. The first-order valence-electron chi connectivity index (χ1n) is 6.62. The molecule has 1 atom stereocenters. The number of likely N-dealkylation sites (tertiary alicyclic amines) is 1.